The fraction of sp³-hybridized carbons (Fsp3) is 0.455. The molecule has 0 heterocycles. The number of hydrogen-bond acceptors (Lipinski definition) is 1. The van der Waals surface area contributed by atoms with Gasteiger partial charge in [-0.15, -0.1) is 0 Å². The molecule has 0 spiro atoms. The molecule has 0 saturated heterocycles. The number of hydrogen-bond donors (Lipinski definition) is 1. The largest absolute Gasteiger partial charge is 0.388 e. The van der Waals surface area contributed by atoms with Crippen molar-refractivity contribution in [1.29, 1.82) is 0 Å². The third-order valence-electron chi connectivity index (χ3n) is 2.11. The lowest BCUT2D eigenvalue weighted by Gasteiger charge is -2.15. The highest BCUT2D eigenvalue weighted by Crippen LogP contribution is 2.29. The van der Waals surface area contributed by atoms with Gasteiger partial charge in [0, 0.05) is 0 Å². The molecule has 0 fully saturated rings. The molecule has 1 N–H and O–H groups in total. The van der Waals surface area contributed by atoms with Gasteiger partial charge in [-0.05, 0) is 24.5 Å². The van der Waals surface area contributed by atoms with E-state index >= 15 is 0 Å². The molecule has 0 aliphatic carbocycles. The van der Waals surface area contributed by atoms with Crippen LogP contribution in [0.2, 0.25) is 5.02 Å². The summed E-state index contributed by atoms with van der Waals surface area (Å²) in [4.78, 5) is 0. The Balaban J connectivity index is 3.07. The van der Waals surface area contributed by atoms with Gasteiger partial charge in [0.2, 0.25) is 0 Å². The highest BCUT2D eigenvalue weighted by molar-refractivity contribution is 6.30. The van der Waals surface area contributed by atoms with Crippen LogP contribution in [0.3, 0.4) is 0 Å². The molecule has 1 nitrogen and oxygen atoms in total. The summed E-state index contributed by atoms with van der Waals surface area (Å²) in [7, 11) is 0. The predicted molar refractivity (Wildman–Crippen MR) is 55.8 cm³/mol. The zero-order chi connectivity index (χ0) is 11.6. The number of rotatable bonds is 3. The van der Waals surface area contributed by atoms with Gasteiger partial charge in [0.05, 0.1) is 16.7 Å². The van der Waals surface area contributed by atoms with Gasteiger partial charge in [0.25, 0.3) is 0 Å². The molecule has 84 valence electrons. The van der Waals surface area contributed by atoms with Crippen LogP contribution in [0.4, 0.5) is 8.78 Å². The van der Waals surface area contributed by atoms with Crippen LogP contribution in [0.1, 0.15) is 31.9 Å². The molecule has 1 aromatic rings. The number of aliphatic hydroxyl groups excluding tert-OH is 1. The van der Waals surface area contributed by atoms with Crippen LogP contribution >= 0.6 is 11.6 Å². The van der Waals surface area contributed by atoms with Gasteiger partial charge in [0.1, 0.15) is 5.82 Å². The molecule has 1 atom stereocenters. The van der Waals surface area contributed by atoms with Crippen molar-refractivity contribution in [3.05, 3.63) is 34.4 Å². The molecular weight excluding hydrogens is 222 g/mol. The first-order valence-electron chi connectivity index (χ1n) is 4.75. The summed E-state index contributed by atoms with van der Waals surface area (Å²) in [5, 5.41) is 9.47. The summed E-state index contributed by atoms with van der Waals surface area (Å²) in [6.45, 7) is 3.73. The average Bonchev–Trinajstić information content (AvgIpc) is 2.11. The van der Waals surface area contributed by atoms with E-state index in [2.05, 4.69) is 0 Å². The molecule has 15 heavy (non-hydrogen) atoms. The molecule has 0 aliphatic rings. The monoisotopic (exact) mass is 234 g/mol. The van der Waals surface area contributed by atoms with E-state index in [1.165, 1.54) is 0 Å². The Kier molecular flexibility index (Phi) is 4.05. The summed E-state index contributed by atoms with van der Waals surface area (Å²) in [5.74, 6) is -1.48. The van der Waals surface area contributed by atoms with E-state index < -0.39 is 17.7 Å². The van der Waals surface area contributed by atoms with Gasteiger partial charge >= 0.3 is 0 Å². The summed E-state index contributed by atoms with van der Waals surface area (Å²) in [5.41, 5.74) is -0.337. The third kappa shape index (κ3) is 2.89. The molecule has 0 bridgehead atoms. The second-order valence-electron chi connectivity index (χ2n) is 3.90. The fourth-order valence-corrected chi connectivity index (χ4v) is 1.58. The first-order chi connectivity index (χ1) is 6.93. The van der Waals surface area contributed by atoms with Crippen molar-refractivity contribution in [1.82, 2.24) is 0 Å². The van der Waals surface area contributed by atoms with Gasteiger partial charge in [-0.3, -0.25) is 0 Å². The topological polar surface area (TPSA) is 20.2 Å². The molecule has 4 heteroatoms. The maximum atomic E-state index is 13.4. The maximum absolute atomic E-state index is 13.4. The van der Waals surface area contributed by atoms with Crippen molar-refractivity contribution in [3.8, 4) is 0 Å². The summed E-state index contributed by atoms with van der Waals surface area (Å²) < 4.78 is 26.7. The van der Waals surface area contributed by atoms with E-state index in [1.54, 1.807) is 0 Å². The second-order valence-corrected chi connectivity index (χ2v) is 4.31. The molecule has 1 unspecified atom stereocenters. The average molecular weight is 235 g/mol. The van der Waals surface area contributed by atoms with Gasteiger partial charge in [-0.1, -0.05) is 25.4 Å². The van der Waals surface area contributed by atoms with Gasteiger partial charge < -0.3 is 5.11 Å². The van der Waals surface area contributed by atoms with Crippen molar-refractivity contribution in [2.24, 2.45) is 5.92 Å². The van der Waals surface area contributed by atoms with Gasteiger partial charge in [-0.2, -0.15) is 0 Å². The van der Waals surface area contributed by atoms with E-state index in [1.807, 2.05) is 13.8 Å². The number of benzene rings is 1. The predicted octanol–water partition coefficient (Wildman–Crippen LogP) is 3.70. The second kappa shape index (κ2) is 4.90. The van der Waals surface area contributed by atoms with E-state index in [0.717, 1.165) is 12.1 Å². The Hall–Kier alpha value is -0.670. The first kappa shape index (κ1) is 12.4. The minimum atomic E-state index is -1.15. The Morgan fingerprint density at radius 3 is 2.47 bits per heavy atom. The Morgan fingerprint density at radius 1 is 1.33 bits per heavy atom. The highest BCUT2D eigenvalue weighted by Gasteiger charge is 2.20. The molecule has 0 aromatic heterocycles. The minimum absolute atomic E-state index is 0.151. The van der Waals surface area contributed by atoms with Crippen molar-refractivity contribution < 1.29 is 13.9 Å². The Bertz CT molecular complexity index is 353. The highest BCUT2D eigenvalue weighted by atomic mass is 35.5. The van der Waals surface area contributed by atoms with E-state index in [4.69, 9.17) is 11.6 Å². The molecule has 1 rings (SSSR count). The van der Waals surface area contributed by atoms with E-state index in [9.17, 15) is 13.9 Å². The molecule has 0 saturated carbocycles. The standard InChI is InChI=1S/C11H13ClF2O/c1-6(2)5-9(15)10-8(13)4-3-7(12)11(10)14/h3-4,6,9,15H,5H2,1-2H3. The van der Waals surface area contributed by atoms with Gasteiger partial charge in [-0.25, -0.2) is 8.78 Å². The lowest BCUT2D eigenvalue weighted by atomic mass is 9.99. The van der Waals surface area contributed by atoms with Crippen LogP contribution in [0.15, 0.2) is 12.1 Å². The van der Waals surface area contributed by atoms with Gasteiger partial charge in [0.15, 0.2) is 5.82 Å². The SMILES string of the molecule is CC(C)CC(O)c1c(F)ccc(Cl)c1F. The van der Waals surface area contributed by atoms with Crippen LogP contribution in [0.5, 0.6) is 0 Å². The zero-order valence-electron chi connectivity index (χ0n) is 8.60. The van der Waals surface area contributed by atoms with Crippen molar-refractivity contribution >= 4 is 11.6 Å². The maximum Gasteiger partial charge on any atom is 0.150 e. The van der Waals surface area contributed by atoms with Crippen molar-refractivity contribution in [2.75, 3.05) is 0 Å². The zero-order valence-corrected chi connectivity index (χ0v) is 9.35. The van der Waals surface area contributed by atoms with E-state index in [0.29, 0.717) is 6.42 Å². The number of aliphatic hydroxyl groups is 1. The first-order valence-corrected chi connectivity index (χ1v) is 5.12. The lowest BCUT2D eigenvalue weighted by molar-refractivity contribution is 0.142. The minimum Gasteiger partial charge on any atom is -0.388 e. The van der Waals surface area contributed by atoms with Crippen LogP contribution in [-0.2, 0) is 0 Å². The molecule has 0 amide bonds. The smallest absolute Gasteiger partial charge is 0.150 e. The van der Waals surface area contributed by atoms with Crippen molar-refractivity contribution in [2.45, 2.75) is 26.4 Å². The number of halogens is 3. The summed E-state index contributed by atoms with van der Waals surface area (Å²) in [6.07, 6.45) is -0.850. The Labute approximate surface area is 92.7 Å². The van der Waals surface area contributed by atoms with Crippen molar-refractivity contribution in [3.63, 3.8) is 0 Å². The normalized spacial score (nSPS) is 13.3. The van der Waals surface area contributed by atoms with Crippen LogP contribution < -0.4 is 0 Å². The third-order valence-corrected chi connectivity index (χ3v) is 2.40. The lowest BCUT2D eigenvalue weighted by Crippen LogP contribution is -2.07. The quantitative estimate of drug-likeness (QED) is 0.791. The fourth-order valence-electron chi connectivity index (χ4n) is 1.41. The molecule has 1 aromatic carbocycles. The summed E-state index contributed by atoms with van der Waals surface area (Å²) in [6, 6.07) is 2.20. The van der Waals surface area contributed by atoms with Crippen LogP contribution in [0, 0.1) is 17.6 Å². The molecule has 0 aliphatic heterocycles. The molecule has 0 radical (unpaired) electrons. The van der Waals surface area contributed by atoms with Crippen LogP contribution in [0.25, 0.3) is 0 Å². The van der Waals surface area contributed by atoms with E-state index in [-0.39, 0.29) is 16.5 Å². The molecular formula is C11H13ClF2O. The van der Waals surface area contributed by atoms with Crippen LogP contribution in [-0.4, -0.2) is 5.11 Å². The summed E-state index contributed by atoms with van der Waals surface area (Å²) >= 11 is 5.51. The Morgan fingerprint density at radius 2 is 1.93 bits per heavy atom.